The van der Waals surface area contributed by atoms with Gasteiger partial charge in [0.05, 0.1) is 12.3 Å². The lowest BCUT2D eigenvalue weighted by molar-refractivity contribution is -0.131. The standard InChI is InChI=1S/C16H17ClFN3O2/c1-10-19-16(23-20-10)11-4-3-7-21(9-11)15(22)8-12-13(17)5-2-6-14(12)18/h2,5-6,11H,3-4,7-9H2,1H3/t11-/m1/s1. The highest BCUT2D eigenvalue weighted by Gasteiger charge is 2.28. The lowest BCUT2D eigenvalue weighted by Crippen LogP contribution is -2.40. The van der Waals surface area contributed by atoms with Crippen LogP contribution in [0.2, 0.25) is 5.02 Å². The number of likely N-dealkylation sites (tertiary alicyclic amines) is 1. The first kappa shape index (κ1) is 15.9. The summed E-state index contributed by atoms with van der Waals surface area (Å²) in [4.78, 5) is 18.5. The number of carbonyl (C=O) groups excluding carboxylic acids is 1. The van der Waals surface area contributed by atoms with Gasteiger partial charge in [-0.2, -0.15) is 4.98 Å². The van der Waals surface area contributed by atoms with Crippen molar-refractivity contribution in [2.45, 2.75) is 32.1 Å². The molecule has 3 rings (SSSR count). The number of hydrogen-bond donors (Lipinski definition) is 0. The Kier molecular flexibility index (Phi) is 4.61. The molecular formula is C16H17ClFN3O2. The molecule has 0 spiro atoms. The van der Waals surface area contributed by atoms with Crippen molar-refractivity contribution in [2.24, 2.45) is 0 Å². The fourth-order valence-corrected chi connectivity index (χ4v) is 3.08. The summed E-state index contributed by atoms with van der Waals surface area (Å²) in [5.41, 5.74) is 0.245. The molecule has 1 saturated heterocycles. The molecule has 0 bridgehead atoms. The number of hydrogen-bond acceptors (Lipinski definition) is 4. The van der Waals surface area contributed by atoms with E-state index >= 15 is 0 Å². The van der Waals surface area contributed by atoms with E-state index in [2.05, 4.69) is 10.1 Å². The van der Waals surface area contributed by atoms with E-state index in [0.29, 0.717) is 24.8 Å². The summed E-state index contributed by atoms with van der Waals surface area (Å²) in [6, 6.07) is 4.43. The van der Waals surface area contributed by atoms with Gasteiger partial charge in [-0.15, -0.1) is 0 Å². The van der Waals surface area contributed by atoms with Crippen LogP contribution in [0.4, 0.5) is 4.39 Å². The van der Waals surface area contributed by atoms with E-state index in [9.17, 15) is 9.18 Å². The molecule has 122 valence electrons. The Bertz CT molecular complexity index is 699. The molecule has 1 amide bonds. The molecule has 7 heteroatoms. The fourth-order valence-electron chi connectivity index (χ4n) is 2.85. The molecule has 1 fully saturated rings. The molecule has 2 aromatic rings. The third kappa shape index (κ3) is 3.52. The Morgan fingerprint density at radius 3 is 3.04 bits per heavy atom. The minimum absolute atomic E-state index is 0.0324. The summed E-state index contributed by atoms with van der Waals surface area (Å²) in [5, 5.41) is 4.07. The van der Waals surface area contributed by atoms with Crippen molar-refractivity contribution in [3.05, 3.63) is 46.3 Å². The molecule has 0 saturated carbocycles. The van der Waals surface area contributed by atoms with Crippen LogP contribution in [-0.2, 0) is 11.2 Å². The zero-order valence-electron chi connectivity index (χ0n) is 12.8. The van der Waals surface area contributed by atoms with Crippen LogP contribution in [0, 0.1) is 12.7 Å². The first-order valence-electron chi connectivity index (χ1n) is 7.55. The lowest BCUT2D eigenvalue weighted by Gasteiger charge is -2.31. The van der Waals surface area contributed by atoms with Crippen molar-refractivity contribution in [3.63, 3.8) is 0 Å². The molecule has 0 unspecified atom stereocenters. The Labute approximate surface area is 138 Å². The van der Waals surface area contributed by atoms with Crippen molar-refractivity contribution in [1.82, 2.24) is 15.0 Å². The number of amides is 1. The quantitative estimate of drug-likeness (QED) is 0.863. The van der Waals surface area contributed by atoms with Crippen molar-refractivity contribution >= 4 is 17.5 Å². The molecule has 1 aliphatic heterocycles. The normalized spacial score (nSPS) is 18.2. The first-order chi connectivity index (χ1) is 11.0. The molecule has 0 N–H and O–H groups in total. The summed E-state index contributed by atoms with van der Waals surface area (Å²) >= 11 is 6.00. The molecule has 1 aromatic heterocycles. The average molecular weight is 338 g/mol. The van der Waals surface area contributed by atoms with Crippen LogP contribution >= 0.6 is 11.6 Å². The second kappa shape index (κ2) is 6.66. The number of nitrogens with zero attached hydrogens (tertiary/aromatic N) is 3. The number of halogens is 2. The zero-order chi connectivity index (χ0) is 16.4. The number of rotatable bonds is 3. The van der Waals surface area contributed by atoms with Gasteiger partial charge in [0.15, 0.2) is 5.82 Å². The first-order valence-corrected chi connectivity index (χ1v) is 7.93. The predicted molar refractivity (Wildman–Crippen MR) is 82.7 cm³/mol. The van der Waals surface area contributed by atoms with E-state index in [1.54, 1.807) is 17.9 Å². The summed E-state index contributed by atoms with van der Waals surface area (Å²) in [7, 11) is 0. The number of aromatic nitrogens is 2. The van der Waals surface area contributed by atoms with Crippen molar-refractivity contribution < 1.29 is 13.7 Å². The topological polar surface area (TPSA) is 59.2 Å². The Morgan fingerprint density at radius 1 is 1.52 bits per heavy atom. The monoisotopic (exact) mass is 337 g/mol. The third-order valence-corrected chi connectivity index (χ3v) is 4.41. The van der Waals surface area contributed by atoms with E-state index in [0.717, 1.165) is 12.8 Å². The smallest absolute Gasteiger partial charge is 0.231 e. The molecule has 1 atom stereocenters. The summed E-state index contributed by atoms with van der Waals surface area (Å²) in [6.45, 7) is 2.92. The molecule has 0 aliphatic carbocycles. The highest BCUT2D eigenvalue weighted by Crippen LogP contribution is 2.27. The van der Waals surface area contributed by atoms with Crippen molar-refractivity contribution in [1.29, 1.82) is 0 Å². The average Bonchev–Trinajstić information content (AvgIpc) is 2.97. The van der Waals surface area contributed by atoms with Gasteiger partial charge in [0.1, 0.15) is 5.82 Å². The van der Waals surface area contributed by atoms with Crippen molar-refractivity contribution in [2.75, 3.05) is 13.1 Å². The van der Waals surface area contributed by atoms with Gasteiger partial charge < -0.3 is 9.42 Å². The SMILES string of the molecule is Cc1noc([C@@H]2CCCN(C(=O)Cc3c(F)cccc3Cl)C2)n1. The predicted octanol–water partition coefficient (Wildman–Crippen LogP) is 3.12. The van der Waals surface area contributed by atoms with Crippen molar-refractivity contribution in [3.8, 4) is 0 Å². The maximum absolute atomic E-state index is 13.8. The van der Waals surface area contributed by atoms with Crippen LogP contribution in [0.1, 0.15) is 36.0 Å². The second-order valence-electron chi connectivity index (χ2n) is 5.74. The summed E-state index contributed by atoms with van der Waals surface area (Å²) in [5.74, 6) is 0.584. The van der Waals surface area contributed by atoms with Crippen LogP contribution in [0.3, 0.4) is 0 Å². The highest BCUT2D eigenvalue weighted by atomic mass is 35.5. The van der Waals surface area contributed by atoms with Crippen LogP contribution in [-0.4, -0.2) is 34.0 Å². The zero-order valence-corrected chi connectivity index (χ0v) is 13.5. The molecule has 1 aliphatic rings. The third-order valence-electron chi connectivity index (χ3n) is 4.06. The fraction of sp³-hybridized carbons (Fsp3) is 0.438. The Morgan fingerprint density at radius 2 is 2.35 bits per heavy atom. The highest BCUT2D eigenvalue weighted by molar-refractivity contribution is 6.31. The number of piperidine rings is 1. The minimum Gasteiger partial charge on any atom is -0.342 e. The van der Waals surface area contributed by atoms with E-state index in [1.807, 2.05) is 0 Å². The summed E-state index contributed by atoms with van der Waals surface area (Å²) in [6.07, 6.45) is 1.70. The van der Waals surface area contributed by atoms with Gasteiger partial charge in [0.25, 0.3) is 0 Å². The maximum Gasteiger partial charge on any atom is 0.231 e. The lowest BCUT2D eigenvalue weighted by atomic mass is 9.97. The van der Waals surface area contributed by atoms with Crippen LogP contribution in [0.5, 0.6) is 0 Å². The van der Waals surface area contributed by atoms with Gasteiger partial charge in [-0.25, -0.2) is 4.39 Å². The van der Waals surface area contributed by atoms with E-state index in [4.69, 9.17) is 16.1 Å². The van der Waals surface area contributed by atoms with E-state index < -0.39 is 5.82 Å². The largest absolute Gasteiger partial charge is 0.342 e. The van der Waals surface area contributed by atoms with Gasteiger partial charge in [0.2, 0.25) is 11.8 Å². The van der Waals surface area contributed by atoms with Gasteiger partial charge in [-0.05, 0) is 31.9 Å². The number of carbonyl (C=O) groups is 1. The molecule has 0 radical (unpaired) electrons. The molecule has 23 heavy (non-hydrogen) atoms. The molecular weight excluding hydrogens is 321 g/mol. The Hall–Kier alpha value is -1.95. The Balaban J connectivity index is 1.70. The number of aryl methyl sites for hydroxylation is 1. The van der Waals surface area contributed by atoms with Gasteiger partial charge in [-0.1, -0.05) is 22.8 Å². The maximum atomic E-state index is 13.8. The number of benzene rings is 1. The van der Waals surface area contributed by atoms with Gasteiger partial charge in [0, 0.05) is 23.7 Å². The molecule has 1 aromatic carbocycles. The molecule has 2 heterocycles. The van der Waals surface area contributed by atoms with E-state index in [-0.39, 0.29) is 28.8 Å². The van der Waals surface area contributed by atoms with Crippen LogP contribution in [0.15, 0.2) is 22.7 Å². The summed E-state index contributed by atoms with van der Waals surface area (Å²) < 4.78 is 19.0. The molecule has 5 nitrogen and oxygen atoms in total. The van der Waals surface area contributed by atoms with E-state index in [1.165, 1.54) is 12.1 Å². The van der Waals surface area contributed by atoms with Crippen LogP contribution in [0.25, 0.3) is 0 Å². The van der Waals surface area contributed by atoms with Gasteiger partial charge in [-0.3, -0.25) is 4.79 Å². The van der Waals surface area contributed by atoms with Gasteiger partial charge >= 0.3 is 0 Å². The minimum atomic E-state index is -0.452. The van der Waals surface area contributed by atoms with Crippen LogP contribution < -0.4 is 0 Å². The second-order valence-corrected chi connectivity index (χ2v) is 6.14.